The summed E-state index contributed by atoms with van der Waals surface area (Å²) in [6, 6.07) is 0. The molecular weight excluding hydrogens is 156 g/mol. The number of carbonyl (C=O) groups excluding carboxylic acids is 2. The fourth-order valence-corrected chi connectivity index (χ4v) is 1.16. The number of carbonyl (C=O) groups is 2. The van der Waals surface area contributed by atoms with Gasteiger partial charge in [-0.3, -0.25) is 9.59 Å². The highest BCUT2D eigenvalue weighted by molar-refractivity contribution is 5.88. The maximum Gasteiger partial charge on any atom is 0.306 e. The molecule has 3 heteroatoms. The van der Waals surface area contributed by atoms with Gasteiger partial charge >= 0.3 is 5.97 Å². The van der Waals surface area contributed by atoms with E-state index < -0.39 is 6.10 Å². The molecule has 0 aromatic heterocycles. The predicted octanol–water partition coefficient (Wildman–Crippen LogP) is 1.23. The molecule has 66 valence electrons. The van der Waals surface area contributed by atoms with E-state index in [4.69, 9.17) is 4.74 Å². The second-order valence-electron chi connectivity index (χ2n) is 2.81. The lowest BCUT2D eigenvalue weighted by Gasteiger charge is -2.05. The van der Waals surface area contributed by atoms with Gasteiger partial charge in [0.05, 0.1) is 0 Å². The number of ketones is 1. The Bertz CT molecular complexity index is 208. The molecule has 1 saturated heterocycles. The summed E-state index contributed by atoms with van der Waals surface area (Å²) in [5.41, 5.74) is 0. The molecule has 0 amide bonds. The molecule has 0 N–H and O–H groups in total. The largest absolute Gasteiger partial charge is 0.454 e. The van der Waals surface area contributed by atoms with E-state index in [0.717, 1.165) is 0 Å². The van der Waals surface area contributed by atoms with Gasteiger partial charge < -0.3 is 4.74 Å². The van der Waals surface area contributed by atoms with E-state index in [1.807, 2.05) is 0 Å². The van der Waals surface area contributed by atoms with Gasteiger partial charge in [0, 0.05) is 19.3 Å². The molecule has 1 rings (SSSR count). The number of ether oxygens (including phenoxy) is 1. The van der Waals surface area contributed by atoms with Crippen LogP contribution >= 0.6 is 0 Å². The van der Waals surface area contributed by atoms with E-state index in [1.54, 1.807) is 6.08 Å². The summed E-state index contributed by atoms with van der Waals surface area (Å²) in [5.74, 6) is -0.243. The molecule has 0 aromatic carbocycles. The normalized spacial score (nSPS) is 22.0. The Kier molecular flexibility index (Phi) is 3.02. The second-order valence-corrected chi connectivity index (χ2v) is 2.81. The van der Waals surface area contributed by atoms with Gasteiger partial charge in [-0.2, -0.15) is 0 Å². The van der Waals surface area contributed by atoms with Gasteiger partial charge in [-0.15, -0.1) is 6.58 Å². The lowest BCUT2D eigenvalue weighted by atomic mass is 10.1. The molecule has 0 radical (unpaired) electrons. The van der Waals surface area contributed by atoms with Gasteiger partial charge in [-0.1, -0.05) is 6.08 Å². The first-order chi connectivity index (χ1) is 5.74. The number of cyclic esters (lactones) is 1. The van der Waals surface area contributed by atoms with Crippen molar-refractivity contribution in [2.45, 2.75) is 31.8 Å². The van der Waals surface area contributed by atoms with Crippen LogP contribution in [0.2, 0.25) is 0 Å². The molecule has 1 aliphatic heterocycles. The quantitative estimate of drug-likeness (QED) is 0.468. The molecule has 1 aliphatic rings. The Hall–Kier alpha value is -1.12. The number of Topliss-reactive ketones (excluding diaryl/α,β-unsaturated/α-hetero) is 1. The van der Waals surface area contributed by atoms with Crippen molar-refractivity contribution in [1.82, 2.24) is 0 Å². The van der Waals surface area contributed by atoms with E-state index in [1.165, 1.54) is 0 Å². The van der Waals surface area contributed by atoms with Crippen LogP contribution < -0.4 is 0 Å². The van der Waals surface area contributed by atoms with Gasteiger partial charge in [0.25, 0.3) is 0 Å². The molecule has 1 fully saturated rings. The van der Waals surface area contributed by atoms with Crippen LogP contribution in [0.25, 0.3) is 0 Å². The Morgan fingerprint density at radius 2 is 2.50 bits per heavy atom. The highest BCUT2D eigenvalue weighted by Crippen LogP contribution is 2.16. The SMILES string of the molecule is C=CCCC(=O)C1CCC(=O)O1. The van der Waals surface area contributed by atoms with Gasteiger partial charge in [-0.05, 0) is 6.42 Å². The van der Waals surface area contributed by atoms with Crippen LogP contribution in [0.3, 0.4) is 0 Å². The van der Waals surface area contributed by atoms with Crippen LogP contribution in [0.1, 0.15) is 25.7 Å². The number of hydrogen-bond donors (Lipinski definition) is 0. The van der Waals surface area contributed by atoms with Crippen LogP contribution in [-0.4, -0.2) is 17.9 Å². The highest BCUT2D eigenvalue weighted by Gasteiger charge is 2.28. The zero-order chi connectivity index (χ0) is 8.97. The first-order valence-electron chi connectivity index (χ1n) is 4.07. The van der Waals surface area contributed by atoms with Crippen molar-refractivity contribution >= 4 is 11.8 Å². The topological polar surface area (TPSA) is 43.4 Å². The Balaban J connectivity index is 2.32. The molecular formula is C9H12O3. The van der Waals surface area contributed by atoms with Gasteiger partial charge in [0.1, 0.15) is 0 Å². The minimum atomic E-state index is -0.475. The third-order valence-corrected chi connectivity index (χ3v) is 1.84. The van der Waals surface area contributed by atoms with Gasteiger partial charge in [0.15, 0.2) is 11.9 Å². The Morgan fingerprint density at radius 3 is 3.00 bits per heavy atom. The monoisotopic (exact) mass is 168 g/mol. The van der Waals surface area contributed by atoms with Crippen LogP contribution in [0.15, 0.2) is 12.7 Å². The maximum absolute atomic E-state index is 11.2. The van der Waals surface area contributed by atoms with E-state index in [-0.39, 0.29) is 11.8 Å². The smallest absolute Gasteiger partial charge is 0.306 e. The molecule has 1 atom stereocenters. The number of hydrogen-bond acceptors (Lipinski definition) is 3. The molecule has 0 saturated carbocycles. The molecule has 0 aromatic rings. The van der Waals surface area contributed by atoms with E-state index in [0.29, 0.717) is 25.7 Å². The highest BCUT2D eigenvalue weighted by atomic mass is 16.6. The molecule has 0 aliphatic carbocycles. The fraction of sp³-hybridized carbons (Fsp3) is 0.556. The molecule has 0 bridgehead atoms. The summed E-state index contributed by atoms with van der Waals surface area (Å²) in [6.45, 7) is 3.51. The molecule has 3 nitrogen and oxygen atoms in total. The third-order valence-electron chi connectivity index (χ3n) is 1.84. The van der Waals surface area contributed by atoms with Crippen LogP contribution in [-0.2, 0) is 14.3 Å². The predicted molar refractivity (Wildman–Crippen MR) is 43.6 cm³/mol. The lowest BCUT2D eigenvalue weighted by Crippen LogP contribution is -2.19. The summed E-state index contributed by atoms with van der Waals surface area (Å²) in [4.78, 5) is 21.9. The van der Waals surface area contributed by atoms with Crippen molar-refractivity contribution in [2.75, 3.05) is 0 Å². The fourth-order valence-electron chi connectivity index (χ4n) is 1.16. The average molecular weight is 168 g/mol. The third kappa shape index (κ3) is 2.19. The molecule has 1 heterocycles. The Labute approximate surface area is 71.4 Å². The summed E-state index contributed by atoms with van der Waals surface area (Å²) >= 11 is 0. The number of rotatable bonds is 4. The standard InChI is InChI=1S/C9H12O3/c1-2-3-4-7(10)8-5-6-9(11)12-8/h2,8H,1,3-6H2. The second kappa shape index (κ2) is 4.04. The minimum Gasteiger partial charge on any atom is -0.454 e. The first kappa shape index (κ1) is 8.97. The molecule has 12 heavy (non-hydrogen) atoms. The average Bonchev–Trinajstić information content (AvgIpc) is 2.47. The summed E-state index contributed by atoms with van der Waals surface area (Å²) in [7, 11) is 0. The van der Waals surface area contributed by atoms with Crippen molar-refractivity contribution in [1.29, 1.82) is 0 Å². The van der Waals surface area contributed by atoms with Crippen molar-refractivity contribution in [2.24, 2.45) is 0 Å². The summed E-state index contributed by atoms with van der Waals surface area (Å²) < 4.78 is 4.80. The van der Waals surface area contributed by atoms with Crippen LogP contribution in [0.5, 0.6) is 0 Å². The van der Waals surface area contributed by atoms with Crippen LogP contribution in [0, 0.1) is 0 Å². The van der Waals surface area contributed by atoms with E-state index in [2.05, 4.69) is 6.58 Å². The minimum absolute atomic E-state index is 0.0146. The zero-order valence-corrected chi connectivity index (χ0v) is 6.91. The van der Waals surface area contributed by atoms with Crippen molar-refractivity contribution in [3.63, 3.8) is 0 Å². The van der Waals surface area contributed by atoms with Gasteiger partial charge in [-0.25, -0.2) is 0 Å². The van der Waals surface area contributed by atoms with Crippen LogP contribution in [0.4, 0.5) is 0 Å². The lowest BCUT2D eigenvalue weighted by molar-refractivity contribution is -0.147. The van der Waals surface area contributed by atoms with E-state index >= 15 is 0 Å². The maximum atomic E-state index is 11.2. The van der Waals surface area contributed by atoms with E-state index in [9.17, 15) is 9.59 Å². The molecule has 0 spiro atoms. The zero-order valence-electron chi connectivity index (χ0n) is 6.91. The van der Waals surface area contributed by atoms with Gasteiger partial charge in [0.2, 0.25) is 0 Å². The Morgan fingerprint density at radius 1 is 1.75 bits per heavy atom. The van der Waals surface area contributed by atoms with Crippen molar-refractivity contribution < 1.29 is 14.3 Å². The van der Waals surface area contributed by atoms with Crippen molar-refractivity contribution in [3.8, 4) is 0 Å². The number of esters is 1. The van der Waals surface area contributed by atoms with Crippen molar-refractivity contribution in [3.05, 3.63) is 12.7 Å². The first-order valence-corrected chi connectivity index (χ1v) is 4.07. The molecule has 1 unspecified atom stereocenters. The summed E-state index contributed by atoms with van der Waals surface area (Å²) in [6.07, 6.45) is 3.24. The summed E-state index contributed by atoms with van der Waals surface area (Å²) in [5, 5.41) is 0. The number of allylic oxidation sites excluding steroid dienone is 1.